The van der Waals surface area contributed by atoms with Crippen LogP contribution >= 0.6 is 34.2 Å². The second-order valence-corrected chi connectivity index (χ2v) is 5.09. The lowest BCUT2D eigenvalue weighted by Gasteiger charge is -2.04. The van der Waals surface area contributed by atoms with Crippen LogP contribution in [0.4, 0.5) is 4.39 Å². The van der Waals surface area contributed by atoms with E-state index < -0.39 is 5.82 Å². The Morgan fingerprint density at radius 3 is 2.41 bits per heavy atom. The second-order valence-electron chi connectivity index (χ2n) is 3.44. The zero-order chi connectivity index (χ0) is 12.4. The lowest BCUT2D eigenvalue weighted by molar-refractivity contribution is 0.103. The summed E-state index contributed by atoms with van der Waals surface area (Å²) in [6, 6.07) is 11.4. The summed E-state index contributed by atoms with van der Waals surface area (Å²) in [6.07, 6.45) is 0. The van der Waals surface area contributed by atoms with E-state index in [-0.39, 0.29) is 16.4 Å². The fourth-order valence-corrected chi connectivity index (χ4v) is 1.97. The third-order valence-corrected chi connectivity index (χ3v) is 3.31. The zero-order valence-corrected chi connectivity index (χ0v) is 11.5. The summed E-state index contributed by atoms with van der Waals surface area (Å²) in [6.45, 7) is 0. The summed E-state index contributed by atoms with van der Waals surface area (Å²) in [7, 11) is 0. The van der Waals surface area contributed by atoms with Crippen LogP contribution < -0.4 is 0 Å². The molecule has 0 aliphatic carbocycles. The van der Waals surface area contributed by atoms with Crippen LogP contribution in [-0.4, -0.2) is 5.78 Å². The van der Waals surface area contributed by atoms with Crippen LogP contribution in [0.25, 0.3) is 0 Å². The Labute approximate surface area is 117 Å². The number of hydrogen-bond acceptors (Lipinski definition) is 1. The lowest BCUT2D eigenvalue weighted by atomic mass is 10.0. The topological polar surface area (TPSA) is 17.1 Å². The minimum Gasteiger partial charge on any atom is -0.288 e. The molecule has 2 aromatic rings. The van der Waals surface area contributed by atoms with Crippen LogP contribution in [0.2, 0.25) is 5.02 Å². The molecule has 2 rings (SSSR count). The number of ketones is 1. The Morgan fingerprint density at radius 2 is 1.76 bits per heavy atom. The smallest absolute Gasteiger partial charge is 0.196 e. The van der Waals surface area contributed by atoms with E-state index in [2.05, 4.69) is 22.6 Å². The van der Waals surface area contributed by atoms with Crippen molar-refractivity contribution in [1.82, 2.24) is 0 Å². The van der Waals surface area contributed by atoms with Crippen LogP contribution in [0, 0.1) is 9.39 Å². The molecule has 0 spiro atoms. The first kappa shape index (κ1) is 12.5. The van der Waals surface area contributed by atoms with E-state index in [1.54, 1.807) is 30.3 Å². The maximum absolute atomic E-state index is 13.7. The van der Waals surface area contributed by atoms with Gasteiger partial charge in [-0.25, -0.2) is 4.39 Å². The van der Waals surface area contributed by atoms with Crippen molar-refractivity contribution in [1.29, 1.82) is 0 Å². The minimum absolute atomic E-state index is 0.00120. The molecule has 0 saturated heterocycles. The number of carbonyl (C=O) groups excluding carboxylic acids is 1. The number of halogens is 3. The fraction of sp³-hybridized carbons (Fsp3) is 0. The Hall–Kier alpha value is -0.940. The largest absolute Gasteiger partial charge is 0.288 e. The van der Waals surface area contributed by atoms with E-state index in [0.717, 1.165) is 3.57 Å². The molecule has 0 amide bonds. The van der Waals surface area contributed by atoms with Gasteiger partial charge in [-0.05, 0) is 59.0 Å². The molecule has 0 heterocycles. The summed E-state index contributed by atoms with van der Waals surface area (Å²) in [5.41, 5.74) is 0.449. The Morgan fingerprint density at radius 1 is 1.12 bits per heavy atom. The summed E-state index contributed by atoms with van der Waals surface area (Å²) in [5, 5.41) is -0.0404. The summed E-state index contributed by atoms with van der Waals surface area (Å²) in [4.78, 5) is 12.0. The van der Waals surface area contributed by atoms with E-state index in [1.807, 2.05) is 0 Å². The van der Waals surface area contributed by atoms with Crippen LogP contribution in [0.15, 0.2) is 42.5 Å². The fourth-order valence-electron chi connectivity index (χ4n) is 1.44. The molecule has 86 valence electrons. The number of carbonyl (C=O) groups is 1. The molecule has 0 atom stereocenters. The summed E-state index contributed by atoms with van der Waals surface area (Å²) >= 11 is 7.78. The first-order chi connectivity index (χ1) is 8.09. The highest BCUT2D eigenvalue weighted by Crippen LogP contribution is 2.21. The maximum Gasteiger partial charge on any atom is 0.196 e. The molecule has 0 fully saturated rings. The SMILES string of the molecule is O=C(c1ccc(I)cc1)c1cccc(Cl)c1F. The molecule has 0 saturated carbocycles. The molecule has 1 nitrogen and oxygen atoms in total. The van der Waals surface area contributed by atoms with Crippen LogP contribution in [0.3, 0.4) is 0 Å². The van der Waals surface area contributed by atoms with Crippen molar-refractivity contribution in [2.45, 2.75) is 0 Å². The van der Waals surface area contributed by atoms with Gasteiger partial charge in [0.25, 0.3) is 0 Å². The van der Waals surface area contributed by atoms with Gasteiger partial charge in [0.2, 0.25) is 0 Å². The maximum atomic E-state index is 13.7. The van der Waals surface area contributed by atoms with Gasteiger partial charge in [0.15, 0.2) is 11.6 Å². The lowest BCUT2D eigenvalue weighted by Crippen LogP contribution is -2.04. The summed E-state index contributed by atoms with van der Waals surface area (Å²) in [5.74, 6) is -1.03. The van der Waals surface area contributed by atoms with Gasteiger partial charge in [-0.15, -0.1) is 0 Å². The molecular formula is C13H7ClFIO. The van der Waals surface area contributed by atoms with E-state index in [4.69, 9.17) is 11.6 Å². The van der Waals surface area contributed by atoms with Gasteiger partial charge in [-0.3, -0.25) is 4.79 Å². The third-order valence-electron chi connectivity index (χ3n) is 2.30. The van der Waals surface area contributed by atoms with E-state index >= 15 is 0 Å². The van der Waals surface area contributed by atoms with Gasteiger partial charge in [-0.2, -0.15) is 0 Å². The monoisotopic (exact) mass is 360 g/mol. The average Bonchev–Trinajstić information content (AvgIpc) is 2.33. The molecule has 0 N–H and O–H groups in total. The van der Waals surface area contributed by atoms with Gasteiger partial charge in [0.1, 0.15) is 0 Å². The number of rotatable bonds is 2. The van der Waals surface area contributed by atoms with Crippen molar-refractivity contribution in [3.8, 4) is 0 Å². The van der Waals surface area contributed by atoms with Crippen molar-refractivity contribution in [3.05, 3.63) is 68.0 Å². The van der Waals surface area contributed by atoms with Crippen molar-refractivity contribution < 1.29 is 9.18 Å². The molecule has 0 bridgehead atoms. The average molecular weight is 361 g/mol. The molecule has 0 aliphatic heterocycles. The molecule has 0 unspecified atom stereocenters. The van der Waals surface area contributed by atoms with Gasteiger partial charge in [0, 0.05) is 9.13 Å². The van der Waals surface area contributed by atoms with Gasteiger partial charge >= 0.3 is 0 Å². The Bertz CT molecular complexity index is 566. The Balaban J connectivity index is 2.44. The number of hydrogen-bond donors (Lipinski definition) is 0. The van der Waals surface area contributed by atoms with E-state index in [9.17, 15) is 9.18 Å². The highest BCUT2D eigenvalue weighted by atomic mass is 127. The molecule has 17 heavy (non-hydrogen) atoms. The van der Waals surface area contributed by atoms with Gasteiger partial charge in [-0.1, -0.05) is 17.7 Å². The minimum atomic E-state index is -0.669. The van der Waals surface area contributed by atoms with Crippen molar-refractivity contribution in [3.63, 3.8) is 0 Å². The molecule has 2 aromatic carbocycles. The van der Waals surface area contributed by atoms with E-state index in [1.165, 1.54) is 12.1 Å². The van der Waals surface area contributed by atoms with Crippen LogP contribution in [-0.2, 0) is 0 Å². The predicted molar refractivity (Wildman–Crippen MR) is 74.0 cm³/mol. The highest BCUT2D eigenvalue weighted by molar-refractivity contribution is 14.1. The Kier molecular flexibility index (Phi) is 3.79. The van der Waals surface area contributed by atoms with Crippen LogP contribution in [0.5, 0.6) is 0 Å². The standard InChI is InChI=1S/C13H7ClFIO/c14-11-3-1-2-10(12(11)15)13(17)8-4-6-9(16)7-5-8/h1-7H. The van der Waals surface area contributed by atoms with Crippen LogP contribution in [0.1, 0.15) is 15.9 Å². The van der Waals surface area contributed by atoms with Crippen molar-refractivity contribution in [2.24, 2.45) is 0 Å². The zero-order valence-electron chi connectivity index (χ0n) is 8.58. The first-order valence-electron chi connectivity index (χ1n) is 4.84. The highest BCUT2D eigenvalue weighted by Gasteiger charge is 2.15. The van der Waals surface area contributed by atoms with Gasteiger partial charge < -0.3 is 0 Å². The molecule has 4 heteroatoms. The molecule has 0 radical (unpaired) electrons. The van der Waals surface area contributed by atoms with Crippen molar-refractivity contribution >= 4 is 40.0 Å². The third kappa shape index (κ3) is 2.66. The van der Waals surface area contributed by atoms with E-state index in [0.29, 0.717) is 5.56 Å². The quantitative estimate of drug-likeness (QED) is 0.576. The van der Waals surface area contributed by atoms with Crippen molar-refractivity contribution in [2.75, 3.05) is 0 Å². The second kappa shape index (κ2) is 5.14. The first-order valence-corrected chi connectivity index (χ1v) is 6.29. The number of benzene rings is 2. The normalized spacial score (nSPS) is 10.3. The molecule has 0 aliphatic rings. The van der Waals surface area contributed by atoms with Gasteiger partial charge in [0.05, 0.1) is 10.6 Å². The summed E-state index contributed by atoms with van der Waals surface area (Å²) < 4.78 is 14.7. The predicted octanol–water partition coefficient (Wildman–Crippen LogP) is 4.31. The molecule has 0 aromatic heterocycles. The molecular weight excluding hydrogens is 353 g/mol.